The maximum Gasteiger partial charge on any atom is 0.254 e. The van der Waals surface area contributed by atoms with E-state index in [9.17, 15) is 4.79 Å². The first-order valence-corrected chi connectivity index (χ1v) is 5.47. The summed E-state index contributed by atoms with van der Waals surface area (Å²) < 4.78 is 5.10. The van der Waals surface area contributed by atoms with Crippen LogP contribution in [0.3, 0.4) is 0 Å². The van der Waals surface area contributed by atoms with Crippen molar-refractivity contribution >= 4 is 0 Å². The van der Waals surface area contributed by atoms with Gasteiger partial charge in [0, 0.05) is 11.1 Å². The average molecular weight is 230 g/mol. The zero-order valence-electron chi connectivity index (χ0n) is 9.86. The highest BCUT2D eigenvalue weighted by Gasteiger charge is 2.08. The molecule has 0 unspecified atom stereocenters. The minimum Gasteiger partial charge on any atom is -0.497 e. The van der Waals surface area contributed by atoms with E-state index in [-0.39, 0.29) is 5.56 Å². The normalized spacial score (nSPS) is 10.2. The van der Waals surface area contributed by atoms with E-state index in [2.05, 4.69) is 9.97 Å². The highest BCUT2D eigenvalue weighted by Crippen LogP contribution is 2.21. The van der Waals surface area contributed by atoms with Crippen LogP contribution in [0.2, 0.25) is 0 Å². The number of ether oxygens (including phenoxy) is 1. The molecule has 0 bridgehead atoms. The lowest BCUT2D eigenvalue weighted by Crippen LogP contribution is -2.14. The molecule has 2 rings (SSSR count). The van der Waals surface area contributed by atoms with Gasteiger partial charge in [-0.3, -0.25) is 4.79 Å². The fourth-order valence-corrected chi connectivity index (χ4v) is 1.75. The predicted octanol–water partition coefficient (Wildman–Crippen LogP) is 2.01. The van der Waals surface area contributed by atoms with Gasteiger partial charge in [-0.15, -0.1) is 0 Å². The minimum atomic E-state index is -0.0756. The molecule has 2 aromatic rings. The van der Waals surface area contributed by atoms with Crippen LogP contribution in [0.4, 0.5) is 0 Å². The van der Waals surface area contributed by atoms with Crippen molar-refractivity contribution in [1.82, 2.24) is 9.97 Å². The van der Waals surface area contributed by atoms with Crippen molar-refractivity contribution in [2.45, 2.75) is 13.3 Å². The molecule has 0 spiro atoms. The van der Waals surface area contributed by atoms with Crippen molar-refractivity contribution < 1.29 is 4.74 Å². The maximum atomic E-state index is 11.6. The zero-order valence-corrected chi connectivity index (χ0v) is 9.86. The van der Waals surface area contributed by atoms with Gasteiger partial charge in [0.1, 0.15) is 5.75 Å². The first-order valence-electron chi connectivity index (χ1n) is 5.47. The fourth-order valence-electron chi connectivity index (χ4n) is 1.75. The van der Waals surface area contributed by atoms with Gasteiger partial charge in [-0.2, -0.15) is 0 Å². The summed E-state index contributed by atoms with van der Waals surface area (Å²) >= 11 is 0. The molecule has 4 nitrogen and oxygen atoms in total. The van der Waals surface area contributed by atoms with Gasteiger partial charge in [-0.05, 0) is 30.7 Å². The molecule has 0 aliphatic heterocycles. The predicted molar refractivity (Wildman–Crippen MR) is 66.2 cm³/mol. The minimum absolute atomic E-state index is 0.0756. The van der Waals surface area contributed by atoms with Crippen LogP contribution in [0.1, 0.15) is 12.5 Å². The number of nitrogens with one attached hydrogen (secondary N) is 1. The number of nitrogens with zero attached hydrogens (tertiary/aromatic N) is 1. The Balaban J connectivity index is 2.52. The Labute approximate surface area is 99.3 Å². The Morgan fingerprint density at radius 3 is 2.59 bits per heavy atom. The van der Waals surface area contributed by atoms with Crippen LogP contribution in [0.25, 0.3) is 11.3 Å². The summed E-state index contributed by atoms with van der Waals surface area (Å²) in [5, 5.41) is 0. The maximum absolute atomic E-state index is 11.6. The number of benzene rings is 1. The Kier molecular flexibility index (Phi) is 3.23. The van der Waals surface area contributed by atoms with Crippen molar-refractivity contribution in [2.75, 3.05) is 7.11 Å². The summed E-state index contributed by atoms with van der Waals surface area (Å²) in [6.07, 6.45) is 2.09. The van der Waals surface area contributed by atoms with E-state index in [0.717, 1.165) is 17.0 Å². The van der Waals surface area contributed by atoms with Crippen molar-refractivity contribution in [3.63, 3.8) is 0 Å². The van der Waals surface area contributed by atoms with Crippen molar-refractivity contribution in [3.8, 4) is 17.0 Å². The molecule has 0 amide bonds. The third-order valence-electron chi connectivity index (χ3n) is 2.67. The molecule has 0 saturated carbocycles. The molecule has 0 radical (unpaired) electrons. The lowest BCUT2D eigenvalue weighted by molar-refractivity contribution is 0.415. The van der Waals surface area contributed by atoms with E-state index in [4.69, 9.17) is 4.74 Å². The van der Waals surface area contributed by atoms with Gasteiger partial charge in [0.25, 0.3) is 5.56 Å². The fraction of sp³-hybridized carbons (Fsp3) is 0.231. The number of H-pyrrole nitrogens is 1. The van der Waals surface area contributed by atoms with Crippen molar-refractivity contribution in [2.24, 2.45) is 0 Å². The summed E-state index contributed by atoms with van der Waals surface area (Å²) in [5.41, 5.74) is 2.29. The second kappa shape index (κ2) is 4.82. The SMILES string of the molecule is CCc1c(-c2ccc(OC)cc2)nc[nH]c1=O. The number of hydrogen-bond acceptors (Lipinski definition) is 3. The van der Waals surface area contributed by atoms with Crippen LogP contribution < -0.4 is 10.3 Å². The summed E-state index contributed by atoms with van der Waals surface area (Å²) in [6.45, 7) is 1.94. The molecule has 0 aliphatic rings. The smallest absolute Gasteiger partial charge is 0.254 e. The quantitative estimate of drug-likeness (QED) is 0.877. The molecule has 17 heavy (non-hydrogen) atoms. The van der Waals surface area contributed by atoms with Gasteiger partial charge >= 0.3 is 0 Å². The lowest BCUT2D eigenvalue weighted by atomic mass is 10.1. The zero-order chi connectivity index (χ0) is 12.3. The molecular formula is C13H14N2O2. The number of methoxy groups -OCH3 is 1. The van der Waals surface area contributed by atoms with Crippen LogP contribution in [-0.2, 0) is 6.42 Å². The first-order chi connectivity index (χ1) is 8.26. The Morgan fingerprint density at radius 2 is 2.00 bits per heavy atom. The highest BCUT2D eigenvalue weighted by molar-refractivity contribution is 5.63. The average Bonchev–Trinajstić information content (AvgIpc) is 2.38. The Hall–Kier alpha value is -2.10. The van der Waals surface area contributed by atoms with E-state index in [1.165, 1.54) is 6.33 Å². The standard InChI is InChI=1S/C13H14N2O2/c1-3-11-12(14-8-15-13(11)16)9-4-6-10(17-2)7-5-9/h4-8H,3H2,1-2H3,(H,14,15,16). The topological polar surface area (TPSA) is 55.0 Å². The third-order valence-corrected chi connectivity index (χ3v) is 2.67. The summed E-state index contributed by atoms with van der Waals surface area (Å²) in [5.74, 6) is 0.789. The third kappa shape index (κ3) is 2.20. The van der Waals surface area contributed by atoms with Gasteiger partial charge in [-0.25, -0.2) is 4.98 Å². The summed E-state index contributed by atoms with van der Waals surface area (Å²) in [7, 11) is 1.62. The van der Waals surface area contributed by atoms with Crippen molar-refractivity contribution in [3.05, 3.63) is 46.5 Å². The molecule has 88 valence electrons. The van der Waals surface area contributed by atoms with Gasteiger partial charge < -0.3 is 9.72 Å². The van der Waals surface area contributed by atoms with Crippen LogP contribution in [-0.4, -0.2) is 17.1 Å². The molecule has 0 atom stereocenters. The number of aromatic nitrogens is 2. The summed E-state index contributed by atoms with van der Waals surface area (Å²) in [4.78, 5) is 18.5. The molecule has 1 heterocycles. The number of hydrogen-bond donors (Lipinski definition) is 1. The van der Waals surface area contributed by atoms with Crippen LogP contribution in [0, 0.1) is 0 Å². The van der Waals surface area contributed by atoms with Gasteiger partial charge in [-0.1, -0.05) is 6.92 Å². The van der Waals surface area contributed by atoms with Crippen LogP contribution in [0.5, 0.6) is 5.75 Å². The number of aromatic amines is 1. The van der Waals surface area contributed by atoms with E-state index in [0.29, 0.717) is 12.0 Å². The van der Waals surface area contributed by atoms with Crippen LogP contribution in [0.15, 0.2) is 35.4 Å². The molecule has 0 saturated heterocycles. The second-order valence-electron chi connectivity index (χ2n) is 3.64. The van der Waals surface area contributed by atoms with Gasteiger partial charge in [0.2, 0.25) is 0 Å². The van der Waals surface area contributed by atoms with Crippen LogP contribution >= 0.6 is 0 Å². The van der Waals surface area contributed by atoms with Gasteiger partial charge in [0.15, 0.2) is 0 Å². The highest BCUT2D eigenvalue weighted by atomic mass is 16.5. The Morgan fingerprint density at radius 1 is 1.29 bits per heavy atom. The Bertz CT molecular complexity index is 558. The van der Waals surface area contributed by atoms with E-state index in [1.807, 2.05) is 31.2 Å². The van der Waals surface area contributed by atoms with Crippen molar-refractivity contribution in [1.29, 1.82) is 0 Å². The lowest BCUT2D eigenvalue weighted by Gasteiger charge is -2.06. The second-order valence-corrected chi connectivity index (χ2v) is 3.64. The van der Waals surface area contributed by atoms with Gasteiger partial charge in [0.05, 0.1) is 19.1 Å². The largest absolute Gasteiger partial charge is 0.497 e. The molecule has 0 aliphatic carbocycles. The van der Waals surface area contributed by atoms with E-state index in [1.54, 1.807) is 7.11 Å². The molecule has 4 heteroatoms. The molecule has 1 aromatic carbocycles. The molecule has 1 N–H and O–H groups in total. The van der Waals surface area contributed by atoms with E-state index < -0.39 is 0 Å². The monoisotopic (exact) mass is 230 g/mol. The summed E-state index contributed by atoms with van der Waals surface area (Å²) in [6, 6.07) is 7.52. The molecule has 0 fully saturated rings. The first kappa shape index (κ1) is 11.4. The molecule has 1 aromatic heterocycles. The number of rotatable bonds is 3. The molecular weight excluding hydrogens is 216 g/mol. The van der Waals surface area contributed by atoms with E-state index >= 15 is 0 Å².